The van der Waals surface area contributed by atoms with E-state index in [-0.39, 0.29) is 5.92 Å². The summed E-state index contributed by atoms with van der Waals surface area (Å²) >= 11 is 11.7. The minimum absolute atomic E-state index is 0.0432. The molecule has 0 amide bonds. The highest BCUT2D eigenvalue weighted by Gasteiger charge is 2.30. The Kier molecular flexibility index (Phi) is 5.60. The van der Waals surface area contributed by atoms with Gasteiger partial charge in [0.1, 0.15) is 5.82 Å². The van der Waals surface area contributed by atoms with Crippen LogP contribution < -0.4 is 0 Å². The van der Waals surface area contributed by atoms with Crippen LogP contribution in [-0.2, 0) is 16.6 Å². The van der Waals surface area contributed by atoms with E-state index < -0.39 is 10.0 Å². The van der Waals surface area contributed by atoms with Crippen LogP contribution in [0, 0.1) is 4.77 Å². The van der Waals surface area contributed by atoms with Crippen molar-refractivity contribution in [1.29, 1.82) is 0 Å². The van der Waals surface area contributed by atoms with Gasteiger partial charge in [0.25, 0.3) is 0 Å². The second-order valence-electron chi connectivity index (χ2n) is 7.17. The highest BCUT2D eigenvalue weighted by atomic mass is 35.5. The van der Waals surface area contributed by atoms with Gasteiger partial charge in [0.05, 0.1) is 24.7 Å². The number of rotatable bonds is 5. The molecule has 0 saturated carbocycles. The minimum Gasteiger partial charge on any atom is -0.269 e. The first-order chi connectivity index (χ1) is 13.8. The molecule has 1 atom stereocenters. The van der Waals surface area contributed by atoms with Gasteiger partial charge in [-0.3, -0.25) is 14.3 Å². The fraction of sp³-hybridized carbons (Fsp3) is 0.389. The summed E-state index contributed by atoms with van der Waals surface area (Å²) in [5.74, 6) is 0.680. The number of piperidine rings is 1. The van der Waals surface area contributed by atoms with Gasteiger partial charge >= 0.3 is 0 Å². The molecule has 2 aromatic heterocycles. The molecule has 0 spiro atoms. The fourth-order valence-electron chi connectivity index (χ4n) is 3.64. The van der Waals surface area contributed by atoms with Crippen LogP contribution in [0.1, 0.15) is 30.1 Å². The Hall–Kier alpha value is -2.01. The van der Waals surface area contributed by atoms with Gasteiger partial charge in [-0.1, -0.05) is 29.8 Å². The van der Waals surface area contributed by atoms with E-state index in [0.717, 1.165) is 29.9 Å². The van der Waals surface area contributed by atoms with E-state index >= 15 is 0 Å². The first kappa shape index (κ1) is 20.3. The topological polar surface area (TPSA) is 88.8 Å². The maximum Gasteiger partial charge on any atom is 0.211 e. The van der Waals surface area contributed by atoms with Crippen molar-refractivity contribution in [3.05, 3.63) is 57.8 Å². The Bertz CT molecular complexity index is 1180. The minimum atomic E-state index is -3.24. The number of benzene rings is 1. The van der Waals surface area contributed by atoms with E-state index in [9.17, 15) is 8.42 Å². The fourth-order valence-corrected chi connectivity index (χ4v) is 4.99. The van der Waals surface area contributed by atoms with E-state index in [1.165, 1.54) is 10.6 Å². The van der Waals surface area contributed by atoms with E-state index in [1.807, 2.05) is 35.0 Å². The molecule has 0 unspecified atom stereocenters. The van der Waals surface area contributed by atoms with Crippen LogP contribution in [0.15, 0.2) is 36.7 Å². The van der Waals surface area contributed by atoms with Crippen LogP contribution in [0.4, 0.5) is 0 Å². The number of hydrogen-bond acceptors (Lipinski definition) is 5. The molecule has 1 fully saturated rings. The van der Waals surface area contributed by atoms with Crippen molar-refractivity contribution in [2.75, 3.05) is 19.3 Å². The number of aromatic amines is 1. The highest BCUT2D eigenvalue weighted by Crippen LogP contribution is 2.28. The molecule has 0 aliphatic carbocycles. The van der Waals surface area contributed by atoms with Crippen molar-refractivity contribution in [3.8, 4) is 5.69 Å². The zero-order chi connectivity index (χ0) is 20.6. The monoisotopic (exact) mass is 452 g/mol. The molecular weight excluding hydrogens is 432 g/mol. The largest absolute Gasteiger partial charge is 0.269 e. The third-order valence-corrected chi connectivity index (χ3v) is 7.00. The maximum atomic E-state index is 12.0. The van der Waals surface area contributed by atoms with Gasteiger partial charge in [-0.05, 0) is 36.7 Å². The van der Waals surface area contributed by atoms with Crippen molar-refractivity contribution in [2.24, 2.45) is 0 Å². The average molecular weight is 453 g/mol. The molecular formula is C18H21ClN6O2S2. The van der Waals surface area contributed by atoms with Crippen LogP contribution in [0.2, 0.25) is 5.02 Å². The summed E-state index contributed by atoms with van der Waals surface area (Å²) in [5.41, 5.74) is 1.75. The van der Waals surface area contributed by atoms with Gasteiger partial charge in [-0.2, -0.15) is 10.2 Å². The number of H-pyrrole nitrogens is 1. The number of aromatic nitrogens is 5. The molecule has 1 aliphatic heterocycles. The molecule has 0 radical (unpaired) electrons. The molecule has 3 aromatic rings. The predicted molar refractivity (Wildman–Crippen MR) is 113 cm³/mol. The summed E-state index contributed by atoms with van der Waals surface area (Å²) in [6.07, 6.45) is 6.48. The summed E-state index contributed by atoms with van der Waals surface area (Å²) in [6.45, 7) is 1.47. The molecule has 154 valence electrons. The summed E-state index contributed by atoms with van der Waals surface area (Å²) in [7, 11) is -3.24. The quantitative estimate of drug-likeness (QED) is 0.601. The van der Waals surface area contributed by atoms with Gasteiger partial charge in [-0.15, -0.1) is 0 Å². The Morgan fingerprint density at radius 1 is 1.34 bits per heavy atom. The van der Waals surface area contributed by atoms with Crippen LogP contribution >= 0.6 is 23.8 Å². The SMILES string of the molecule is CS(=O)(=O)N1CCC[C@@H](c2n[nH]c(=S)n2-c2cnn(Cc3ccccc3Cl)c2)C1. The lowest BCUT2D eigenvalue weighted by Gasteiger charge is -2.30. The van der Waals surface area contributed by atoms with Crippen molar-refractivity contribution >= 4 is 33.8 Å². The number of hydrogen-bond donors (Lipinski definition) is 1. The second-order valence-corrected chi connectivity index (χ2v) is 9.95. The first-order valence-electron chi connectivity index (χ1n) is 9.21. The highest BCUT2D eigenvalue weighted by molar-refractivity contribution is 7.88. The van der Waals surface area contributed by atoms with E-state index in [2.05, 4.69) is 15.3 Å². The second kappa shape index (κ2) is 8.02. The Labute approximate surface area is 179 Å². The molecule has 4 rings (SSSR count). The van der Waals surface area contributed by atoms with E-state index in [4.69, 9.17) is 23.8 Å². The Balaban J connectivity index is 1.62. The lowest BCUT2D eigenvalue weighted by atomic mass is 9.99. The summed E-state index contributed by atoms with van der Waals surface area (Å²) in [6, 6.07) is 7.64. The summed E-state index contributed by atoms with van der Waals surface area (Å²) in [4.78, 5) is 0. The molecule has 29 heavy (non-hydrogen) atoms. The van der Waals surface area contributed by atoms with E-state index in [0.29, 0.717) is 29.4 Å². The van der Waals surface area contributed by atoms with Gasteiger partial charge in [0.2, 0.25) is 10.0 Å². The zero-order valence-electron chi connectivity index (χ0n) is 15.8. The van der Waals surface area contributed by atoms with Gasteiger partial charge in [0, 0.05) is 30.2 Å². The molecule has 1 N–H and O–H groups in total. The third kappa shape index (κ3) is 4.30. The van der Waals surface area contributed by atoms with Crippen LogP contribution in [0.5, 0.6) is 0 Å². The Morgan fingerprint density at radius 3 is 2.90 bits per heavy atom. The normalized spacial score (nSPS) is 18.2. The Morgan fingerprint density at radius 2 is 2.14 bits per heavy atom. The first-order valence-corrected chi connectivity index (χ1v) is 11.8. The van der Waals surface area contributed by atoms with Crippen LogP contribution in [0.25, 0.3) is 5.69 Å². The molecule has 0 bridgehead atoms. The lowest BCUT2D eigenvalue weighted by Crippen LogP contribution is -2.39. The average Bonchev–Trinajstić information content (AvgIpc) is 3.29. The third-order valence-electron chi connectivity index (χ3n) is 5.08. The van der Waals surface area contributed by atoms with E-state index in [1.54, 1.807) is 10.9 Å². The molecule has 8 nitrogen and oxygen atoms in total. The lowest BCUT2D eigenvalue weighted by molar-refractivity contribution is 0.309. The molecule has 1 saturated heterocycles. The standard InChI is InChI=1S/C18H21ClN6O2S2/c1-29(26,27)24-8-4-6-14(11-24)17-21-22-18(28)25(17)15-9-20-23(12-15)10-13-5-2-3-7-16(13)19/h2-3,5,7,9,12,14H,4,6,8,10-11H2,1H3,(H,22,28)/t14-/m1/s1. The van der Waals surface area contributed by atoms with Crippen molar-refractivity contribution < 1.29 is 8.42 Å². The maximum absolute atomic E-state index is 12.0. The van der Waals surface area contributed by atoms with Crippen LogP contribution in [0.3, 0.4) is 0 Å². The number of halogens is 1. The van der Waals surface area contributed by atoms with Crippen molar-refractivity contribution in [1.82, 2.24) is 28.9 Å². The van der Waals surface area contributed by atoms with Crippen molar-refractivity contribution in [3.63, 3.8) is 0 Å². The molecule has 11 heteroatoms. The predicted octanol–water partition coefficient (Wildman–Crippen LogP) is 2.97. The summed E-state index contributed by atoms with van der Waals surface area (Å²) < 4.78 is 29.5. The number of sulfonamides is 1. The van der Waals surface area contributed by atoms with Gasteiger partial charge < -0.3 is 0 Å². The van der Waals surface area contributed by atoms with Crippen LogP contribution in [-0.4, -0.2) is 56.6 Å². The number of nitrogens with zero attached hydrogens (tertiary/aromatic N) is 5. The molecule has 1 aliphatic rings. The summed E-state index contributed by atoms with van der Waals surface area (Å²) in [5, 5.41) is 12.4. The smallest absolute Gasteiger partial charge is 0.211 e. The number of nitrogens with one attached hydrogen (secondary N) is 1. The molecule has 1 aromatic carbocycles. The molecule has 3 heterocycles. The van der Waals surface area contributed by atoms with Gasteiger partial charge in [0.15, 0.2) is 4.77 Å². The van der Waals surface area contributed by atoms with Gasteiger partial charge in [-0.25, -0.2) is 12.7 Å². The zero-order valence-corrected chi connectivity index (χ0v) is 18.2. The van der Waals surface area contributed by atoms with Crippen molar-refractivity contribution in [2.45, 2.75) is 25.3 Å².